The number of rotatable bonds is 4. The summed E-state index contributed by atoms with van der Waals surface area (Å²) in [5.74, 6) is 0. The predicted octanol–water partition coefficient (Wildman–Crippen LogP) is -1.10. The number of nitrogens with one attached hydrogen (secondary N) is 1. The summed E-state index contributed by atoms with van der Waals surface area (Å²) in [7, 11) is 0. The van der Waals surface area contributed by atoms with Gasteiger partial charge in [-0.3, -0.25) is 0 Å². The molecule has 0 rings (SSSR count). The minimum atomic E-state index is 0.661. The molecular weight excluding hydrogens is 163 g/mol. The standard InChI is InChI=1S/C5H15AsN2/c1-5(6)8-4-2-3-7/h5,8H,2-4,6-7H2,1H3. The quantitative estimate of drug-likeness (QED) is 0.424. The van der Waals surface area contributed by atoms with Crippen molar-refractivity contribution in [1.29, 1.82) is 0 Å². The molecule has 8 heavy (non-hydrogen) atoms. The van der Waals surface area contributed by atoms with E-state index in [0.717, 1.165) is 19.5 Å². The number of hydrogen-bond donors (Lipinski definition) is 2. The van der Waals surface area contributed by atoms with Crippen LogP contribution >= 0.6 is 0 Å². The Labute approximate surface area is 59.7 Å². The van der Waals surface area contributed by atoms with Gasteiger partial charge >= 0.3 is 59.2 Å². The molecule has 0 aliphatic carbocycles. The molecule has 2 unspecified atom stereocenters. The van der Waals surface area contributed by atoms with E-state index in [-0.39, 0.29) is 0 Å². The molecule has 0 bridgehead atoms. The molecular formula is C5H15AsN2. The molecule has 2 atom stereocenters. The fourth-order valence-electron chi connectivity index (χ4n) is 0.432. The third-order valence-electron chi connectivity index (χ3n) is 0.847. The van der Waals surface area contributed by atoms with Gasteiger partial charge in [-0.1, -0.05) is 0 Å². The number of nitrogens with two attached hydrogens (primary N) is 1. The second-order valence-electron chi connectivity index (χ2n) is 1.89. The fourth-order valence-corrected chi connectivity index (χ4v) is 0.781. The molecule has 0 aromatic heterocycles. The van der Waals surface area contributed by atoms with Crippen molar-refractivity contribution in [2.24, 2.45) is 5.73 Å². The Morgan fingerprint density at radius 2 is 2.38 bits per heavy atom. The summed E-state index contributed by atoms with van der Waals surface area (Å²) >= 11 is 1.73. The zero-order chi connectivity index (χ0) is 6.41. The average Bonchev–Trinajstić information content (AvgIpc) is 1.66. The summed E-state index contributed by atoms with van der Waals surface area (Å²) in [6.45, 7) is 4.03. The Hall–Kier alpha value is 0.478. The Kier molecular flexibility index (Phi) is 5.95. The van der Waals surface area contributed by atoms with E-state index >= 15 is 0 Å². The van der Waals surface area contributed by atoms with Crippen LogP contribution in [-0.2, 0) is 0 Å². The molecule has 0 aromatic carbocycles. The van der Waals surface area contributed by atoms with Crippen LogP contribution in [0.25, 0.3) is 0 Å². The van der Waals surface area contributed by atoms with E-state index in [9.17, 15) is 0 Å². The van der Waals surface area contributed by atoms with Gasteiger partial charge in [0.25, 0.3) is 0 Å². The first-order valence-electron chi connectivity index (χ1n) is 2.96. The van der Waals surface area contributed by atoms with Gasteiger partial charge in [-0.05, 0) is 0 Å². The van der Waals surface area contributed by atoms with Crippen molar-refractivity contribution in [3.05, 3.63) is 0 Å². The Morgan fingerprint density at radius 3 is 2.75 bits per heavy atom. The summed E-state index contributed by atoms with van der Waals surface area (Å²) < 4.78 is 0. The monoisotopic (exact) mass is 178 g/mol. The van der Waals surface area contributed by atoms with Gasteiger partial charge in [0.05, 0.1) is 0 Å². The third-order valence-corrected chi connectivity index (χ3v) is 1.34. The van der Waals surface area contributed by atoms with E-state index in [2.05, 4.69) is 12.2 Å². The molecule has 0 saturated carbocycles. The molecule has 0 radical (unpaired) electrons. The van der Waals surface area contributed by atoms with E-state index in [1.165, 1.54) is 0 Å². The van der Waals surface area contributed by atoms with Crippen LogP contribution in [0, 0.1) is 0 Å². The normalized spacial score (nSPS) is 13.9. The first-order chi connectivity index (χ1) is 3.77. The molecule has 0 amide bonds. The van der Waals surface area contributed by atoms with Crippen LogP contribution in [0.4, 0.5) is 0 Å². The predicted molar refractivity (Wildman–Crippen MR) is 39.7 cm³/mol. The van der Waals surface area contributed by atoms with Gasteiger partial charge in [0.15, 0.2) is 0 Å². The van der Waals surface area contributed by atoms with E-state index in [1.54, 1.807) is 16.9 Å². The van der Waals surface area contributed by atoms with Crippen LogP contribution in [0.1, 0.15) is 13.3 Å². The van der Waals surface area contributed by atoms with Gasteiger partial charge < -0.3 is 0 Å². The Balaban J connectivity index is 2.72. The second-order valence-corrected chi connectivity index (χ2v) is 3.98. The van der Waals surface area contributed by atoms with Crippen molar-refractivity contribution in [1.82, 2.24) is 5.32 Å². The van der Waals surface area contributed by atoms with Crippen molar-refractivity contribution < 1.29 is 0 Å². The zero-order valence-electron chi connectivity index (χ0n) is 5.35. The van der Waals surface area contributed by atoms with Crippen LogP contribution in [-0.4, -0.2) is 34.8 Å². The van der Waals surface area contributed by atoms with E-state index in [0.29, 0.717) is 4.83 Å². The zero-order valence-corrected chi connectivity index (χ0v) is 7.78. The topological polar surface area (TPSA) is 38.0 Å². The summed E-state index contributed by atoms with van der Waals surface area (Å²) in [6.07, 6.45) is 1.09. The second kappa shape index (κ2) is 5.61. The molecule has 3 N–H and O–H groups in total. The first-order valence-corrected chi connectivity index (χ1v) is 4.36. The summed E-state index contributed by atoms with van der Waals surface area (Å²) in [5, 5.41) is 3.29. The maximum atomic E-state index is 5.28. The van der Waals surface area contributed by atoms with Crippen molar-refractivity contribution in [3.63, 3.8) is 0 Å². The molecule has 50 valence electrons. The van der Waals surface area contributed by atoms with Gasteiger partial charge in [-0.15, -0.1) is 0 Å². The molecule has 0 heterocycles. The van der Waals surface area contributed by atoms with Crippen LogP contribution in [0.2, 0.25) is 0 Å². The van der Waals surface area contributed by atoms with Crippen molar-refractivity contribution >= 4 is 16.9 Å². The molecule has 2 nitrogen and oxygen atoms in total. The maximum absolute atomic E-state index is 5.28. The molecule has 0 aromatic rings. The van der Waals surface area contributed by atoms with Gasteiger partial charge in [0.2, 0.25) is 0 Å². The first kappa shape index (κ1) is 8.48. The van der Waals surface area contributed by atoms with Crippen LogP contribution in [0.5, 0.6) is 0 Å². The summed E-state index contributed by atoms with van der Waals surface area (Å²) in [6, 6.07) is 0. The van der Waals surface area contributed by atoms with Gasteiger partial charge in [0, 0.05) is 0 Å². The molecule has 0 saturated heterocycles. The van der Waals surface area contributed by atoms with E-state index in [1.807, 2.05) is 0 Å². The Bertz CT molecular complexity index is 47.7. The Morgan fingerprint density at radius 1 is 1.75 bits per heavy atom. The van der Waals surface area contributed by atoms with Crippen LogP contribution in [0.3, 0.4) is 0 Å². The molecule has 0 fully saturated rings. The van der Waals surface area contributed by atoms with E-state index in [4.69, 9.17) is 5.73 Å². The average molecular weight is 178 g/mol. The minimum absolute atomic E-state index is 0.661. The van der Waals surface area contributed by atoms with E-state index < -0.39 is 0 Å². The van der Waals surface area contributed by atoms with Gasteiger partial charge in [0.1, 0.15) is 0 Å². The molecule has 0 aliphatic heterocycles. The SMILES string of the molecule is CC([AsH2])NCCCN. The number of hydrogen-bond acceptors (Lipinski definition) is 2. The van der Waals surface area contributed by atoms with Crippen molar-refractivity contribution in [2.75, 3.05) is 13.1 Å². The van der Waals surface area contributed by atoms with Crippen LogP contribution in [0.15, 0.2) is 0 Å². The molecule has 0 spiro atoms. The van der Waals surface area contributed by atoms with Gasteiger partial charge in [-0.2, -0.15) is 0 Å². The van der Waals surface area contributed by atoms with Crippen molar-refractivity contribution in [2.45, 2.75) is 18.2 Å². The van der Waals surface area contributed by atoms with Crippen LogP contribution < -0.4 is 11.1 Å². The van der Waals surface area contributed by atoms with Crippen molar-refractivity contribution in [3.8, 4) is 0 Å². The summed E-state index contributed by atoms with van der Waals surface area (Å²) in [5.41, 5.74) is 5.28. The molecule has 0 aliphatic rings. The fraction of sp³-hybridized carbons (Fsp3) is 1.00. The molecule has 3 heteroatoms. The summed E-state index contributed by atoms with van der Waals surface area (Å²) in [4.78, 5) is 0.661. The third kappa shape index (κ3) is 6.48. The van der Waals surface area contributed by atoms with Gasteiger partial charge in [-0.25, -0.2) is 0 Å².